The minimum absolute atomic E-state index is 0.301. The summed E-state index contributed by atoms with van der Waals surface area (Å²) in [6.45, 7) is 6.92. The number of aldehydes is 1. The first-order valence-electron chi connectivity index (χ1n) is 6.36. The average molecular weight is 298 g/mol. The van der Waals surface area contributed by atoms with Gasteiger partial charge in [-0.3, -0.25) is 0 Å². The number of alkyl carbamates (subject to hydrolysis) is 1. The highest BCUT2D eigenvalue weighted by atomic mass is 35.5. The third kappa shape index (κ3) is 5.21. The van der Waals surface area contributed by atoms with Crippen molar-refractivity contribution in [1.82, 2.24) is 5.32 Å². The third-order valence-electron chi connectivity index (χ3n) is 2.56. The number of ether oxygens (including phenoxy) is 1. The molecule has 0 saturated carbocycles. The maximum absolute atomic E-state index is 11.8. The van der Waals surface area contributed by atoms with Crippen LogP contribution in [0.15, 0.2) is 24.3 Å². The Bertz CT molecular complexity index is 496. The van der Waals surface area contributed by atoms with Crippen LogP contribution >= 0.6 is 11.6 Å². The molecule has 0 spiro atoms. The zero-order valence-electron chi connectivity index (χ0n) is 12.2. The molecule has 0 saturated heterocycles. The van der Waals surface area contributed by atoms with Gasteiger partial charge in [-0.25, -0.2) is 4.79 Å². The van der Waals surface area contributed by atoms with Gasteiger partial charge >= 0.3 is 6.09 Å². The fourth-order valence-electron chi connectivity index (χ4n) is 1.69. The lowest BCUT2D eigenvalue weighted by molar-refractivity contribution is -0.112. The van der Waals surface area contributed by atoms with Crippen LogP contribution in [0, 0.1) is 0 Å². The quantitative estimate of drug-likeness (QED) is 0.867. The lowest BCUT2D eigenvalue weighted by Gasteiger charge is -2.27. The summed E-state index contributed by atoms with van der Waals surface area (Å²) in [5.41, 5.74) is -0.883. The second-order valence-electron chi connectivity index (χ2n) is 5.93. The maximum Gasteiger partial charge on any atom is 0.408 e. The Hall–Kier alpha value is -1.55. The van der Waals surface area contributed by atoms with Gasteiger partial charge in [-0.15, -0.1) is 0 Å². The SMILES string of the molecule is CC(C=O)(Cc1ccccc1Cl)NC(=O)OC(C)(C)C. The highest BCUT2D eigenvalue weighted by Gasteiger charge is 2.29. The van der Waals surface area contributed by atoms with E-state index >= 15 is 0 Å². The van der Waals surface area contributed by atoms with E-state index in [4.69, 9.17) is 16.3 Å². The van der Waals surface area contributed by atoms with Gasteiger partial charge < -0.3 is 14.8 Å². The molecular weight excluding hydrogens is 278 g/mol. The van der Waals surface area contributed by atoms with Gasteiger partial charge in [-0.05, 0) is 39.3 Å². The Morgan fingerprint density at radius 2 is 1.90 bits per heavy atom. The zero-order valence-corrected chi connectivity index (χ0v) is 13.0. The summed E-state index contributed by atoms with van der Waals surface area (Å²) in [6.07, 6.45) is 0.370. The molecule has 110 valence electrons. The van der Waals surface area contributed by atoms with Gasteiger partial charge in [0.25, 0.3) is 0 Å². The van der Waals surface area contributed by atoms with Gasteiger partial charge in [0, 0.05) is 11.4 Å². The highest BCUT2D eigenvalue weighted by Crippen LogP contribution is 2.20. The minimum atomic E-state index is -1.06. The van der Waals surface area contributed by atoms with E-state index in [2.05, 4.69) is 5.32 Å². The van der Waals surface area contributed by atoms with E-state index < -0.39 is 17.2 Å². The lowest BCUT2D eigenvalue weighted by atomic mass is 9.94. The van der Waals surface area contributed by atoms with Crippen LogP contribution in [-0.4, -0.2) is 23.5 Å². The Morgan fingerprint density at radius 3 is 2.40 bits per heavy atom. The van der Waals surface area contributed by atoms with Crippen molar-refractivity contribution in [3.63, 3.8) is 0 Å². The molecule has 0 fully saturated rings. The Labute approximate surface area is 124 Å². The van der Waals surface area contributed by atoms with Crippen LogP contribution in [0.2, 0.25) is 5.02 Å². The maximum atomic E-state index is 11.8. The topological polar surface area (TPSA) is 55.4 Å². The Balaban J connectivity index is 2.80. The first-order chi connectivity index (χ1) is 9.15. The summed E-state index contributed by atoms with van der Waals surface area (Å²) in [5, 5.41) is 3.15. The summed E-state index contributed by atoms with van der Waals surface area (Å²) in [6, 6.07) is 7.21. The smallest absolute Gasteiger partial charge is 0.408 e. The van der Waals surface area contributed by atoms with Crippen molar-refractivity contribution in [2.45, 2.75) is 45.3 Å². The van der Waals surface area contributed by atoms with Crippen molar-refractivity contribution in [3.8, 4) is 0 Å². The van der Waals surface area contributed by atoms with Crippen molar-refractivity contribution in [2.24, 2.45) is 0 Å². The molecule has 0 bridgehead atoms. The molecule has 1 amide bonds. The Kier molecular flexibility index (Phi) is 5.17. The van der Waals surface area contributed by atoms with Crippen molar-refractivity contribution < 1.29 is 14.3 Å². The Morgan fingerprint density at radius 1 is 1.30 bits per heavy atom. The first-order valence-corrected chi connectivity index (χ1v) is 6.74. The molecule has 1 unspecified atom stereocenters. The average Bonchev–Trinajstić information content (AvgIpc) is 2.29. The standard InChI is InChI=1S/C15H20ClNO3/c1-14(2,3)20-13(19)17-15(4,10-18)9-11-7-5-6-8-12(11)16/h5-8,10H,9H2,1-4H3,(H,17,19). The summed E-state index contributed by atoms with van der Waals surface area (Å²) < 4.78 is 5.16. The molecule has 5 heteroatoms. The van der Waals surface area contributed by atoms with Gasteiger partial charge in [0.15, 0.2) is 0 Å². The van der Waals surface area contributed by atoms with E-state index in [1.54, 1.807) is 33.8 Å². The monoisotopic (exact) mass is 297 g/mol. The molecule has 1 aromatic carbocycles. The van der Waals surface area contributed by atoms with E-state index in [1.807, 2.05) is 18.2 Å². The molecule has 1 aromatic rings. The molecule has 0 aliphatic heterocycles. The van der Waals surface area contributed by atoms with Crippen LogP contribution in [0.5, 0.6) is 0 Å². The van der Waals surface area contributed by atoms with Crippen molar-refractivity contribution in [3.05, 3.63) is 34.9 Å². The number of rotatable bonds is 4. The van der Waals surface area contributed by atoms with Crippen molar-refractivity contribution in [1.29, 1.82) is 0 Å². The summed E-state index contributed by atoms with van der Waals surface area (Å²) in [7, 11) is 0. The number of hydrogen-bond donors (Lipinski definition) is 1. The van der Waals surface area contributed by atoms with Crippen molar-refractivity contribution >= 4 is 24.0 Å². The lowest BCUT2D eigenvalue weighted by Crippen LogP contribution is -2.50. The van der Waals surface area contributed by atoms with Gasteiger partial charge in [0.1, 0.15) is 17.4 Å². The molecule has 0 aliphatic carbocycles. The van der Waals surface area contributed by atoms with Gasteiger partial charge in [0.05, 0.1) is 0 Å². The normalized spacial score (nSPS) is 14.2. The highest BCUT2D eigenvalue weighted by molar-refractivity contribution is 6.31. The van der Waals surface area contributed by atoms with Crippen LogP contribution < -0.4 is 5.32 Å². The van der Waals surface area contributed by atoms with E-state index in [-0.39, 0.29) is 0 Å². The second-order valence-corrected chi connectivity index (χ2v) is 6.34. The minimum Gasteiger partial charge on any atom is -0.444 e. The summed E-state index contributed by atoms with van der Waals surface area (Å²) in [5.74, 6) is 0. The zero-order chi connectivity index (χ0) is 15.4. The number of amides is 1. The molecular formula is C15H20ClNO3. The van der Waals surface area contributed by atoms with Gasteiger partial charge in [0.2, 0.25) is 0 Å². The van der Waals surface area contributed by atoms with E-state index in [0.717, 1.165) is 5.56 Å². The van der Waals surface area contributed by atoms with Crippen LogP contribution in [0.3, 0.4) is 0 Å². The fourth-order valence-corrected chi connectivity index (χ4v) is 1.89. The number of carbonyl (C=O) groups excluding carboxylic acids is 2. The fraction of sp³-hybridized carbons (Fsp3) is 0.467. The summed E-state index contributed by atoms with van der Waals surface area (Å²) in [4.78, 5) is 23.1. The number of hydrogen-bond acceptors (Lipinski definition) is 3. The molecule has 1 atom stereocenters. The van der Waals surface area contributed by atoms with Crippen LogP contribution in [0.1, 0.15) is 33.3 Å². The van der Waals surface area contributed by atoms with E-state index in [0.29, 0.717) is 17.7 Å². The van der Waals surface area contributed by atoms with Crippen LogP contribution in [-0.2, 0) is 16.0 Å². The van der Waals surface area contributed by atoms with Crippen LogP contribution in [0.25, 0.3) is 0 Å². The van der Waals surface area contributed by atoms with E-state index in [9.17, 15) is 9.59 Å². The molecule has 1 rings (SSSR count). The molecule has 0 aromatic heterocycles. The predicted octanol–water partition coefficient (Wildman–Crippen LogP) is 3.36. The first kappa shape index (κ1) is 16.5. The predicted molar refractivity (Wildman–Crippen MR) is 79.0 cm³/mol. The van der Waals surface area contributed by atoms with Crippen molar-refractivity contribution in [2.75, 3.05) is 0 Å². The number of benzene rings is 1. The van der Waals surface area contributed by atoms with Gasteiger partial charge in [-0.2, -0.15) is 0 Å². The number of carbonyl (C=O) groups is 2. The van der Waals surface area contributed by atoms with Gasteiger partial charge in [-0.1, -0.05) is 29.8 Å². The number of halogens is 1. The van der Waals surface area contributed by atoms with E-state index in [1.165, 1.54) is 0 Å². The molecule has 0 heterocycles. The molecule has 0 radical (unpaired) electrons. The molecule has 1 N–H and O–H groups in total. The third-order valence-corrected chi connectivity index (χ3v) is 2.93. The summed E-state index contributed by atoms with van der Waals surface area (Å²) >= 11 is 6.07. The second kappa shape index (κ2) is 6.27. The molecule has 20 heavy (non-hydrogen) atoms. The largest absolute Gasteiger partial charge is 0.444 e. The van der Waals surface area contributed by atoms with Crippen LogP contribution in [0.4, 0.5) is 4.79 Å². The number of nitrogens with one attached hydrogen (secondary N) is 1. The molecule has 4 nitrogen and oxygen atoms in total. The molecule has 0 aliphatic rings.